The van der Waals surface area contributed by atoms with Crippen molar-refractivity contribution in [3.8, 4) is 0 Å². The number of halogens is 4. The monoisotopic (exact) mass is 574 g/mol. The fourth-order valence-corrected chi connectivity index (χ4v) is 2.73. The van der Waals surface area contributed by atoms with E-state index in [2.05, 4.69) is 26.6 Å². The first-order valence-corrected chi connectivity index (χ1v) is 11.0. The number of ether oxygens (including phenoxy) is 1. The van der Waals surface area contributed by atoms with Crippen molar-refractivity contribution in [2.24, 2.45) is 11.5 Å². The van der Waals surface area contributed by atoms with Crippen LogP contribution in [0.25, 0.3) is 0 Å². The van der Waals surface area contributed by atoms with Crippen molar-refractivity contribution in [2.75, 3.05) is 13.2 Å². The van der Waals surface area contributed by atoms with Crippen LogP contribution in [0.4, 0.5) is 0 Å². The van der Waals surface area contributed by atoms with Crippen LogP contribution in [0.15, 0.2) is 28.7 Å². The smallest absolute Gasteiger partial charge is 0.307 e. The third-order valence-corrected chi connectivity index (χ3v) is 4.80. The molecule has 0 fully saturated rings. The topological polar surface area (TPSA) is 174 Å². The number of hydrogen-bond donors (Lipinski definition) is 5. The molecule has 0 unspecified atom stereocenters. The lowest BCUT2D eigenvalue weighted by atomic mass is 10.0. The fraction of sp³-hybridized carbons (Fsp3) is 0.444. The molecule has 0 aliphatic rings. The van der Waals surface area contributed by atoms with Crippen molar-refractivity contribution in [3.63, 3.8) is 0 Å². The summed E-state index contributed by atoms with van der Waals surface area (Å²) in [5.74, 6) is -3.50. The summed E-state index contributed by atoms with van der Waals surface area (Å²) in [4.78, 5) is 47.7. The third-order valence-electron chi connectivity index (χ3n) is 3.95. The first-order chi connectivity index (χ1) is 14.8. The SMILES string of the molecule is NC(=O)[C@H](O)[C@H](N)C(=O)N[C@@H](Cc1ccc(Br)cc1)C(=O)NCCC(=O)OCC(Cl)(Cl)Cl. The lowest BCUT2D eigenvalue weighted by molar-refractivity contribution is -0.143. The number of benzene rings is 1. The molecule has 14 heteroatoms. The number of rotatable bonds is 11. The van der Waals surface area contributed by atoms with E-state index in [0.717, 1.165) is 4.47 Å². The molecule has 0 bridgehead atoms. The largest absolute Gasteiger partial charge is 0.461 e. The molecule has 1 aromatic rings. The lowest BCUT2D eigenvalue weighted by Gasteiger charge is -2.22. The average Bonchev–Trinajstić information content (AvgIpc) is 2.71. The molecule has 0 spiro atoms. The van der Waals surface area contributed by atoms with Crippen LogP contribution in [0, 0.1) is 0 Å². The van der Waals surface area contributed by atoms with Gasteiger partial charge in [0.1, 0.15) is 18.7 Å². The molecule has 0 saturated heterocycles. The van der Waals surface area contributed by atoms with Crippen molar-refractivity contribution >= 4 is 74.4 Å². The van der Waals surface area contributed by atoms with Crippen LogP contribution in [0.5, 0.6) is 0 Å². The van der Waals surface area contributed by atoms with E-state index in [1.165, 1.54) is 0 Å². The van der Waals surface area contributed by atoms with E-state index in [0.29, 0.717) is 5.56 Å². The summed E-state index contributed by atoms with van der Waals surface area (Å²) in [6.45, 7) is -0.576. The number of carbonyl (C=O) groups excluding carboxylic acids is 4. The maximum Gasteiger partial charge on any atom is 0.307 e. The van der Waals surface area contributed by atoms with E-state index >= 15 is 0 Å². The van der Waals surface area contributed by atoms with Crippen molar-refractivity contribution in [1.82, 2.24) is 10.6 Å². The number of aliphatic hydroxyl groups is 1. The number of amides is 3. The summed E-state index contributed by atoms with van der Waals surface area (Å²) >= 11 is 19.8. The van der Waals surface area contributed by atoms with E-state index in [4.69, 9.17) is 51.0 Å². The second-order valence-corrected chi connectivity index (χ2v) is 10.0. The summed E-state index contributed by atoms with van der Waals surface area (Å²) in [5, 5.41) is 14.5. The summed E-state index contributed by atoms with van der Waals surface area (Å²) in [7, 11) is 0. The van der Waals surface area contributed by atoms with Gasteiger partial charge >= 0.3 is 5.97 Å². The molecule has 1 rings (SSSR count). The molecular formula is C18H22BrCl3N4O6. The summed E-state index contributed by atoms with van der Waals surface area (Å²) in [6, 6.07) is 4.13. The van der Waals surface area contributed by atoms with E-state index in [-0.39, 0.29) is 19.4 Å². The van der Waals surface area contributed by atoms with Gasteiger partial charge in [-0.15, -0.1) is 0 Å². The van der Waals surface area contributed by atoms with Gasteiger partial charge in [0.15, 0.2) is 6.10 Å². The van der Waals surface area contributed by atoms with Crippen LogP contribution in [0.3, 0.4) is 0 Å². The molecule has 3 atom stereocenters. The van der Waals surface area contributed by atoms with Crippen molar-refractivity contribution in [1.29, 1.82) is 0 Å². The Morgan fingerprint density at radius 1 is 1.12 bits per heavy atom. The number of carbonyl (C=O) groups is 4. The molecule has 1 aromatic carbocycles. The number of nitrogens with two attached hydrogens (primary N) is 2. The summed E-state index contributed by atoms with van der Waals surface area (Å²) in [6.07, 6.45) is -2.09. The van der Waals surface area contributed by atoms with E-state index in [9.17, 15) is 24.3 Å². The predicted octanol–water partition coefficient (Wildman–Crippen LogP) is 0.0696. The van der Waals surface area contributed by atoms with E-state index in [1.807, 2.05) is 0 Å². The Balaban J connectivity index is 2.77. The van der Waals surface area contributed by atoms with Crippen molar-refractivity contribution in [3.05, 3.63) is 34.3 Å². The minimum absolute atomic E-state index is 0.0575. The van der Waals surface area contributed by atoms with Crippen LogP contribution >= 0.6 is 50.7 Å². The lowest BCUT2D eigenvalue weighted by Crippen LogP contribution is -2.57. The fourth-order valence-electron chi connectivity index (χ4n) is 2.30. The third kappa shape index (κ3) is 10.8. The molecule has 10 nitrogen and oxygen atoms in total. The standard InChI is InChI=1S/C18H22BrCl3N4O6/c19-10-3-1-9(2-4-10)7-11(26-17(31)13(23)14(28)15(24)29)16(30)25-6-5-12(27)32-8-18(20,21)22/h1-4,11,13-14,28H,5-8,23H2,(H2,24,29)(H,25,30)(H,26,31)/t11-,13-,14+/m0/s1. The van der Waals surface area contributed by atoms with Crippen molar-refractivity contribution < 1.29 is 29.0 Å². The number of esters is 1. The quantitative estimate of drug-likeness (QED) is 0.183. The van der Waals surface area contributed by atoms with Gasteiger partial charge in [-0.25, -0.2) is 0 Å². The number of primary amides is 1. The Morgan fingerprint density at radius 3 is 2.25 bits per heavy atom. The first-order valence-electron chi connectivity index (χ1n) is 9.08. The highest BCUT2D eigenvalue weighted by molar-refractivity contribution is 9.10. The Kier molecular flexibility index (Phi) is 11.7. The molecule has 0 radical (unpaired) electrons. The van der Waals surface area contributed by atoms with Gasteiger partial charge in [0.25, 0.3) is 0 Å². The van der Waals surface area contributed by atoms with Gasteiger partial charge in [0.2, 0.25) is 21.5 Å². The van der Waals surface area contributed by atoms with Crippen molar-refractivity contribution in [2.45, 2.75) is 34.8 Å². The van der Waals surface area contributed by atoms with Gasteiger partial charge in [-0.2, -0.15) is 0 Å². The molecular weight excluding hydrogens is 554 g/mol. The molecule has 0 aliphatic carbocycles. The predicted molar refractivity (Wildman–Crippen MR) is 122 cm³/mol. The number of aliphatic hydroxyl groups excluding tert-OH is 1. The Labute approximate surface area is 207 Å². The van der Waals surface area contributed by atoms with Crippen LogP contribution < -0.4 is 22.1 Å². The molecule has 0 saturated carbocycles. The summed E-state index contributed by atoms with van der Waals surface area (Å²) < 4.78 is 3.81. The number of nitrogens with one attached hydrogen (secondary N) is 2. The van der Waals surface area contributed by atoms with Gasteiger partial charge in [-0.3, -0.25) is 19.2 Å². The Morgan fingerprint density at radius 2 is 1.72 bits per heavy atom. The minimum atomic E-state index is -1.93. The number of hydrogen-bond acceptors (Lipinski definition) is 7. The van der Waals surface area contributed by atoms with Crippen LogP contribution in [0.2, 0.25) is 0 Å². The molecule has 0 heterocycles. The molecule has 178 valence electrons. The van der Waals surface area contributed by atoms with E-state index < -0.39 is 52.3 Å². The highest BCUT2D eigenvalue weighted by atomic mass is 79.9. The minimum Gasteiger partial charge on any atom is -0.461 e. The second kappa shape index (κ2) is 13.2. The number of alkyl halides is 3. The highest BCUT2D eigenvalue weighted by Gasteiger charge is 2.30. The van der Waals surface area contributed by atoms with E-state index in [1.54, 1.807) is 24.3 Å². The Bertz CT molecular complexity index is 822. The zero-order valence-electron chi connectivity index (χ0n) is 16.5. The van der Waals surface area contributed by atoms with Crippen LogP contribution in [0.1, 0.15) is 12.0 Å². The van der Waals surface area contributed by atoms with Gasteiger partial charge < -0.3 is 31.9 Å². The normalized spacial score (nSPS) is 14.1. The second-order valence-electron chi connectivity index (χ2n) is 6.58. The first kappa shape index (κ1) is 28.4. The van der Waals surface area contributed by atoms with Gasteiger partial charge in [-0.1, -0.05) is 62.9 Å². The van der Waals surface area contributed by atoms with Crippen LogP contribution in [-0.2, 0) is 30.3 Å². The van der Waals surface area contributed by atoms with Gasteiger partial charge in [-0.05, 0) is 17.7 Å². The zero-order valence-corrected chi connectivity index (χ0v) is 20.4. The average molecular weight is 577 g/mol. The molecule has 7 N–H and O–H groups in total. The van der Waals surface area contributed by atoms with Gasteiger partial charge in [0.05, 0.1) is 6.42 Å². The highest BCUT2D eigenvalue weighted by Crippen LogP contribution is 2.25. The molecule has 0 aliphatic heterocycles. The maximum absolute atomic E-state index is 12.6. The Hall–Kier alpha value is -1.63. The maximum atomic E-state index is 12.6. The molecule has 3 amide bonds. The van der Waals surface area contributed by atoms with Crippen LogP contribution in [-0.4, -0.2) is 63.9 Å². The molecule has 32 heavy (non-hydrogen) atoms. The van der Waals surface area contributed by atoms with Gasteiger partial charge in [0, 0.05) is 17.4 Å². The zero-order chi connectivity index (χ0) is 24.5. The molecule has 0 aromatic heterocycles. The summed E-state index contributed by atoms with van der Waals surface area (Å²) in [5.41, 5.74) is 11.2.